The van der Waals surface area contributed by atoms with Crippen LogP contribution >= 0.6 is 0 Å². The summed E-state index contributed by atoms with van der Waals surface area (Å²) in [6.45, 7) is 6.87. The summed E-state index contributed by atoms with van der Waals surface area (Å²) < 4.78 is 11.9. The Morgan fingerprint density at radius 1 is 0.568 bits per heavy atom. The van der Waals surface area contributed by atoms with E-state index in [4.69, 9.17) is 4.74 Å². The highest BCUT2D eigenvalue weighted by Crippen LogP contribution is 2.47. The van der Waals surface area contributed by atoms with Crippen LogP contribution in [-0.4, -0.2) is 15.7 Å². The van der Waals surface area contributed by atoms with Gasteiger partial charge in [-0.25, -0.2) is 0 Å². The molecule has 0 unspecified atom stereocenters. The number of hydrogen-bond acceptors (Lipinski definition) is 1. The molecule has 6 aromatic carbocycles. The van der Waals surface area contributed by atoms with Gasteiger partial charge in [-0.05, 0) is 63.8 Å². The summed E-state index contributed by atoms with van der Waals surface area (Å²) in [4.78, 5) is 0. The van der Waals surface area contributed by atoms with Gasteiger partial charge >= 0.3 is 0 Å². The second-order valence-electron chi connectivity index (χ2n) is 13.7. The van der Waals surface area contributed by atoms with Crippen LogP contribution in [0, 0.1) is 0 Å². The summed E-state index contributed by atoms with van der Waals surface area (Å²) >= 11 is 0. The lowest BCUT2D eigenvalue weighted by Crippen LogP contribution is -2.58. The average molecular weight is 562 g/mol. The van der Waals surface area contributed by atoms with Crippen molar-refractivity contribution in [3.8, 4) is 17.2 Å². The molecule has 2 aliphatic rings. The highest BCUT2D eigenvalue weighted by atomic mass is 16.5. The molecule has 0 spiro atoms. The van der Waals surface area contributed by atoms with Crippen LogP contribution in [0.1, 0.15) is 26.3 Å². The van der Waals surface area contributed by atoms with E-state index in [1.165, 1.54) is 87.5 Å². The molecule has 0 N–H and O–H groups in total. The molecular weight excluding hydrogens is 535 g/mol. The molecule has 4 heteroatoms. The van der Waals surface area contributed by atoms with E-state index < -0.39 is 0 Å². The summed E-state index contributed by atoms with van der Waals surface area (Å²) in [5.41, 5.74) is 12.9. The minimum Gasteiger partial charge on any atom is -0.458 e. The number of hydrogen-bond donors (Lipinski definition) is 0. The first kappa shape index (κ1) is 23.3. The summed E-state index contributed by atoms with van der Waals surface area (Å²) in [5.74, 6) is 1.94. The van der Waals surface area contributed by atoms with Gasteiger partial charge in [-0.15, -0.1) is 0 Å². The van der Waals surface area contributed by atoms with Crippen molar-refractivity contribution >= 4 is 83.0 Å². The van der Waals surface area contributed by atoms with E-state index in [2.05, 4.69) is 139 Å². The number of ether oxygens (including phenoxy) is 1. The predicted molar refractivity (Wildman–Crippen MR) is 185 cm³/mol. The molecule has 0 atom stereocenters. The molecule has 3 aromatic heterocycles. The van der Waals surface area contributed by atoms with Crippen molar-refractivity contribution in [2.24, 2.45) is 0 Å². The Morgan fingerprint density at radius 3 is 1.93 bits per heavy atom. The van der Waals surface area contributed by atoms with Gasteiger partial charge in [0.25, 0.3) is 6.71 Å². The fourth-order valence-corrected chi connectivity index (χ4v) is 8.67. The first-order valence-electron chi connectivity index (χ1n) is 15.6. The minimum atomic E-state index is 0.0274. The van der Waals surface area contributed by atoms with E-state index in [0.29, 0.717) is 0 Å². The van der Waals surface area contributed by atoms with Gasteiger partial charge in [-0.3, -0.25) is 0 Å². The minimum absolute atomic E-state index is 0.0274. The molecule has 11 rings (SSSR count). The molecule has 0 radical (unpaired) electrons. The second kappa shape index (κ2) is 7.46. The first-order valence-corrected chi connectivity index (χ1v) is 15.6. The molecule has 0 saturated heterocycles. The number of para-hydroxylation sites is 3. The lowest BCUT2D eigenvalue weighted by Gasteiger charge is -2.34. The largest absolute Gasteiger partial charge is 0.458 e. The number of rotatable bonds is 0. The molecule has 0 amide bonds. The topological polar surface area (TPSA) is 18.6 Å². The third-order valence-corrected chi connectivity index (χ3v) is 10.4. The fraction of sp³-hybridized carbons (Fsp3) is 0.100. The maximum Gasteiger partial charge on any atom is 0.257 e. The Kier molecular flexibility index (Phi) is 3.94. The molecular formula is C40H27BN2O. The van der Waals surface area contributed by atoms with Gasteiger partial charge < -0.3 is 13.7 Å². The number of fused-ring (bicyclic) bond motifs is 15. The maximum atomic E-state index is 6.83. The zero-order valence-electron chi connectivity index (χ0n) is 24.8. The van der Waals surface area contributed by atoms with Gasteiger partial charge in [-0.1, -0.05) is 93.6 Å². The number of aromatic nitrogens is 2. The Morgan fingerprint density at radius 2 is 1.20 bits per heavy atom. The van der Waals surface area contributed by atoms with Crippen LogP contribution < -0.4 is 21.1 Å². The van der Waals surface area contributed by atoms with Crippen molar-refractivity contribution in [1.29, 1.82) is 0 Å². The quantitative estimate of drug-likeness (QED) is 0.171. The van der Waals surface area contributed by atoms with Crippen molar-refractivity contribution in [3.05, 3.63) is 115 Å². The van der Waals surface area contributed by atoms with Gasteiger partial charge in [0.1, 0.15) is 11.5 Å². The smallest absolute Gasteiger partial charge is 0.257 e. The monoisotopic (exact) mass is 562 g/mol. The van der Waals surface area contributed by atoms with Crippen molar-refractivity contribution < 1.29 is 4.74 Å². The average Bonchev–Trinajstić information content (AvgIpc) is 3.68. The highest BCUT2D eigenvalue weighted by Gasteiger charge is 2.43. The summed E-state index contributed by atoms with van der Waals surface area (Å²) in [6, 6.07) is 40.5. The van der Waals surface area contributed by atoms with Crippen LogP contribution in [0.4, 0.5) is 0 Å². The lowest BCUT2D eigenvalue weighted by molar-refractivity contribution is 0.483. The second-order valence-corrected chi connectivity index (χ2v) is 13.7. The van der Waals surface area contributed by atoms with Gasteiger partial charge in [0.15, 0.2) is 0 Å². The zero-order valence-corrected chi connectivity index (χ0v) is 24.8. The van der Waals surface area contributed by atoms with Gasteiger partial charge in [0, 0.05) is 38.0 Å². The molecule has 0 bridgehead atoms. The van der Waals surface area contributed by atoms with Crippen molar-refractivity contribution in [1.82, 2.24) is 8.97 Å². The van der Waals surface area contributed by atoms with Crippen LogP contribution in [0.15, 0.2) is 109 Å². The Bertz CT molecular complexity index is 2740. The van der Waals surface area contributed by atoms with Crippen molar-refractivity contribution in [2.45, 2.75) is 26.2 Å². The Balaban J connectivity index is 1.46. The third kappa shape index (κ3) is 2.52. The summed E-state index contributed by atoms with van der Waals surface area (Å²) in [5, 5.41) is 8.00. The molecule has 5 heterocycles. The zero-order chi connectivity index (χ0) is 29.1. The lowest BCUT2D eigenvalue weighted by atomic mass is 9.34. The molecule has 0 fully saturated rings. The number of nitrogens with zero attached hydrogens (tertiary/aromatic N) is 2. The molecule has 2 aliphatic heterocycles. The van der Waals surface area contributed by atoms with Gasteiger partial charge in [-0.2, -0.15) is 0 Å². The van der Waals surface area contributed by atoms with E-state index in [1.54, 1.807) is 0 Å². The van der Waals surface area contributed by atoms with Crippen molar-refractivity contribution in [2.75, 3.05) is 0 Å². The predicted octanol–water partition coefficient (Wildman–Crippen LogP) is 8.17. The highest BCUT2D eigenvalue weighted by molar-refractivity contribution is 7.01. The molecule has 206 valence electrons. The molecule has 0 saturated carbocycles. The van der Waals surface area contributed by atoms with E-state index in [1.807, 2.05) is 0 Å². The molecule has 44 heavy (non-hydrogen) atoms. The van der Waals surface area contributed by atoms with Gasteiger partial charge in [0.05, 0.1) is 27.6 Å². The number of benzene rings is 6. The molecule has 3 nitrogen and oxygen atoms in total. The van der Waals surface area contributed by atoms with Crippen LogP contribution in [0.2, 0.25) is 0 Å². The Labute approximate surface area is 254 Å². The third-order valence-electron chi connectivity index (χ3n) is 10.4. The van der Waals surface area contributed by atoms with Gasteiger partial charge in [0.2, 0.25) is 0 Å². The summed E-state index contributed by atoms with van der Waals surface area (Å²) in [7, 11) is 0. The molecule has 9 aromatic rings. The normalized spacial score (nSPS) is 13.9. The van der Waals surface area contributed by atoms with E-state index >= 15 is 0 Å². The van der Waals surface area contributed by atoms with Crippen LogP contribution in [0.25, 0.3) is 65.6 Å². The SMILES string of the molecule is CC(C)(C)c1ccc2c(c1)Oc1cccc3c1B2c1c2c4ccccc4n4c5ccccc5c(c5c6ccccc6n-3c15)c24. The molecule has 0 aliphatic carbocycles. The van der Waals surface area contributed by atoms with E-state index in [-0.39, 0.29) is 12.1 Å². The van der Waals surface area contributed by atoms with Crippen LogP contribution in [0.3, 0.4) is 0 Å². The van der Waals surface area contributed by atoms with Crippen molar-refractivity contribution in [3.63, 3.8) is 0 Å². The van der Waals surface area contributed by atoms with Crippen LogP contribution in [0.5, 0.6) is 11.5 Å². The van der Waals surface area contributed by atoms with Crippen LogP contribution in [-0.2, 0) is 5.41 Å². The van der Waals surface area contributed by atoms with E-state index in [9.17, 15) is 0 Å². The fourth-order valence-electron chi connectivity index (χ4n) is 8.67. The Hall–Kier alpha value is -5.22. The van der Waals surface area contributed by atoms with E-state index in [0.717, 1.165) is 11.5 Å². The maximum absolute atomic E-state index is 6.83. The summed E-state index contributed by atoms with van der Waals surface area (Å²) in [6.07, 6.45) is 0. The first-order chi connectivity index (χ1) is 21.5. The standard InChI is InChI=1S/C40H27BN2O/c1-40(2,3)22-19-20-26-32(21-22)44-31-18-10-17-30-36(31)41(26)37-35-25-13-6-9-16-29(25)42-27-14-7-4-11-23(27)33(38(35)42)34-24-12-5-8-15-28(24)43(30)39(34)37/h4-21H,1-3H3.